The zero-order chi connectivity index (χ0) is 13.1. The monoisotopic (exact) mass is 372 g/mol. The van der Waals surface area contributed by atoms with Gasteiger partial charge in [-0.1, -0.05) is 18.2 Å². The summed E-state index contributed by atoms with van der Waals surface area (Å²) in [6, 6.07) is 8.81. The standard InChI is InChI=1S/C14H17IN2S/c1-9-4-3-5-10(2)12(9)7-13(17-16)11-6-14(15)18-8-11/h3-6,8,13,17H,7,16H2,1-2H3. The van der Waals surface area contributed by atoms with Gasteiger partial charge in [0.15, 0.2) is 0 Å². The van der Waals surface area contributed by atoms with Crippen molar-refractivity contribution in [3.8, 4) is 0 Å². The summed E-state index contributed by atoms with van der Waals surface area (Å²) in [4.78, 5) is 0. The number of nitrogens with two attached hydrogens (primary N) is 1. The van der Waals surface area contributed by atoms with E-state index in [1.165, 1.54) is 25.1 Å². The van der Waals surface area contributed by atoms with Crippen molar-refractivity contribution in [2.45, 2.75) is 26.3 Å². The number of halogens is 1. The molecule has 0 fully saturated rings. The van der Waals surface area contributed by atoms with Gasteiger partial charge in [-0.25, -0.2) is 0 Å². The molecule has 2 nitrogen and oxygen atoms in total. The number of benzene rings is 1. The van der Waals surface area contributed by atoms with Crippen LogP contribution in [0.3, 0.4) is 0 Å². The lowest BCUT2D eigenvalue weighted by molar-refractivity contribution is 0.551. The van der Waals surface area contributed by atoms with Gasteiger partial charge in [-0.2, -0.15) is 0 Å². The summed E-state index contributed by atoms with van der Waals surface area (Å²) < 4.78 is 1.30. The van der Waals surface area contributed by atoms with Crippen molar-refractivity contribution < 1.29 is 0 Å². The Kier molecular flexibility index (Phi) is 4.77. The number of hydrogen-bond acceptors (Lipinski definition) is 3. The van der Waals surface area contributed by atoms with E-state index in [1.54, 1.807) is 11.3 Å². The minimum absolute atomic E-state index is 0.185. The van der Waals surface area contributed by atoms with E-state index >= 15 is 0 Å². The van der Waals surface area contributed by atoms with Gasteiger partial charge in [0.2, 0.25) is 0 Å². The Balaban J connectivity index is 2.26. The molecular formula is C14H17IN2S. The smallest absolute Gasteiger partial charge is 0.0656 e. The third-order valence-corrected chi connectivity index (χ3v) is 5.05. The largest absolute Gasteiger partial charge is 0.271 e. The number of aryl methyl sites for hydroxylation is 2. The van der Waals surface area contributed by atoms with Gasteiger partial charge in [0.05, 0.1) is 8.93 Å². The van der Waals surface area contributed by atoms with Gasteiger partial charge < -0.3 is 0 Å². The van der Waals surface area contributed by atoms with Crippen LogP contribution in [0.25, 0.3) is 0 Å². The van der Waals surface area contributed by atoms with E-state index in [9.17, 15) is 0 Å². The van der Waals surface area contributed by atoms with Gasteiger partial charge >= 0.3 is 0 Å². The van der Waals surface area contributed by atoms with E-state index in [0.29, 0.717) is 0 Å². The number of hydrazine groups is 1. The van der Waals surface area contributed by atoms with Crippen LogP contribution >= 0.6 is 33.9 Å². The Morgan fingerprint density at radius 3 is 2.50 bits per heavy atom. The third-order valence-electron chi connectivity index (χ3n) is 3.24. The molecule has 0 saturated heterocycles. The topological polar surface area (TPSA) is 38.0 Å². The molecule has 0 aliphatic rings. The molecule has 3 N–H and O–H groups in total. The number of hydrogen-bond donors (Lipinski definition) is 2. The fraction of sp³-hybridized carbons (Fsp3) is 0.286. The molecule has 0 aliphatic heterocycles. The van der Waals surface area contributed by atoms with Gasteiger partial charge in [-0.3, -0.25) is 11.3 Å². The van der Waals surface area contributed by atoms with Gasteiger partial charge in [0, 0.05) is 0 Å². The Bertz CT molecular complexity index is 516. The number of nitrogens with one attached hydrogen (secondary N) is 1. The summed E-state index contributed by atoms with van der Waals surface area (Å²) in [5.41, 5.74) is 8.27. The Morgan fingerprint density at radius 2 is 2.00 bits per heavy atom. The van der Waals surface area contributed by atoms with Crippen LogP contribution < -0.4 is 11.3 Å². The Hall–Kier alpha value is -0.430. The molecule has 0 aliphatic carbocycles. The van der Waals surface area contributed by atoms with Crippen LogP contribution in [0.4, 0.5) is 0 Å². The molecule has 0 bridgehead atoms. The van der Waals surface area contributed by atoms with E-state index < -0.39 is 0 Å². The SMILES string of the molecule is Cc1cccc(C)c1CC(NN)c1csc(I)c1. The fourth-order valence-corrected chi connectivity index (χ4v) is 3.58. The minimum atomic E-state index is 0.185. The van der Waals surface area contributed by atoms with Crippen LogP contribution in [0.15, 0.2) is 29.6 Å². The van der Waals surface area contributed by atoms with Crippen LogP contribution in [0.1, 0.15) is 28.3 Å². The van der Waals surface area contributed by atoms with Crippen molar-refractivity contribution in [3.05, 3.63) is 54.8 Å². The van der Waals surface area contributed by atoms with Crippen LogP contribution in [0.2, 0.25) is 0 Å². The second-order valence-corrected chi connectivity index (χ2v) is 7.28. The average molecular weight is 372 g/mol. The lowest BCUT2D eigenvalue weighted by Gasteiger charge is -2.18. The lowest BCUT2D eigenvalue weighted by atomic mass is 9.94. The molecule has 1 aromatic heterocycles. The number of rotatable bonds is 4. The zero-order valence-corrected chi connectivity index (χ0v) is 13.5. The highest BCUT2D eigenvalue weighted by molar-refractivity contribution is 14.1. The summed E-state index contributed by atoms with van der Waals surface area (Å²) in [6.07, 6.45) is 0.932. The molecule has 0 saturated carbocycles. The molecular weight excluding hydrogens is 355 g/mol. The highest BCUT2D eigenvalue weighted by Crippen LogP contribution is 2.26. The van der Waals surface area contributed by atoms with Crippen LogP contribution in [0.5, 0.6) is 0 Å². The highest BCUT2D eigenvalue weighted by Gasteiger charge is 2.14. The third kappa shape index (κ3) is 3.12. The summed E-state index contributed by atoms with van der Waals surface area (Å²) in [7, 11) is 0. The lowest BCUT2D eigenvalue weighted by Crippen LogP contribution is -2.29. The Morgan fingerprint density at radius 1 is 1.33 bits per heavy atom. The van der Waals surface area contributed by atoms with Crippen molar-refractivity contribution in [2.75, 3.05) is 0 Å². The van der Waals surface area contributed by atoms with Crippen molar-refractivity contribution in [2.24, 2.45) is 5.84 Å². The van der Waals surface area contributed by atoms with Crippen molar-refractivity contribution >= 4 is 33.9 Å². The van der Waals surface area contributed by atoms with Gasteiger partial charge in [-0.05, 0) is 76.6 Å². The quantitative estimate of drug-likeness (QED) is 0.488. The molecule has 2 aromatic rings. The van der Waals surface area contributed by atoms with Gasteiger partial charge in [-0.15, -0.1) is 11.3 Å². The molecule has 4 heteroatoms. The van der Waals surface area contributed by atoms with E-state index in [1.807, 2.05) is 0 Å². The number of thiophene rings is 1. The summed E-state index contributed by atoms with van der Waals surface area (Å²) in [5.74, 6) is 5.71. The minimum Gasteiger partial charge on any atom is -0.271 e. The summed E-state index contributed by atoms with van der Waals surface area (Å²) in [6.45, 7) is 4.32. The summed E-state index contributed by atoms with van der Waals surface area (Å²) in [5, 5.41) is 2.18. The highest BCUT2D eigenvalue weighted by atomic mass is 127. The average Bonchev–Trinajstić information content (AvgIpc) is 2.76. The molecule has 1 atom stereocenters. The first kappa shape index (κ1) is 14.0. The predicted octanol–water partition coefficient (Wildman–Crippen LogP) is 3.72. The van der Waals surface area contributed by atoms with E-state index in [-0.39, 0.29) is 6.04 Å². The molecule has 2 rings (SSSR count). The van der Waals surface area contributed by atoms with E-state index in [4.69, 9.17) is 5.84 Å². The van der Waals surface area contributed by atoms with Crippen molar-refractivity contribution in [3.63, 3.8) is 0 Å². The molecule has 1 unspecified atom stereocenters. The maximum absolute atomic E-state index is 5.71. The van der Waals surface area contributed by atoms with Crippen LogP contribution in [-0.4, -0.2) is 0 Å². The normalized spacial score (nSPS) is 12.7. The molecule has 96 valence electrons. The molecule has 1 aromatic carbocycles. The summed E-state index contributed by atoms with van der Waals surface area (Å²) >= 11 is 4.10. The first-order valence-corrected chi connectivity index (χ1v) is 7.83. The zero-order valence-electron chi connectivity index (χ0n) is 10.5. The maximum atomic E-state index is 5.71. The molecule has 1 heterocycles. The second-order valence-electron chi connectivity index (χ2n) is 4.48. The molecule has 18 heavy (non-hydrogen) atoms. The predicted molar refractivity (Wildman–Crippen MR) is 86.7 cm³/mol. The van der Waals surface area contributed by atoms with Crippen LogP contribution in [0, 0.1) is 16.7 Å². The first-order valence-electron chi connectivity index (χ1n) is 5.87. The van der Waals surface area contributed by atoms with Crippen molar-refractivity contribution in [1.29, 1.82) is 0 Å². The first-order chi connectivity index (χ1) is 8.61. The van der Waals surface area contributed by atoms with E-state index in [0.717, 1.165) is 6.42 Å². The van der Waals surface area contributed by atoms with Crippen LogP contribution in [-0.2, 0) is 6.42 Å². The molecule has 0 spiro atoms. The fourth-order valence-electron chi connectivity index (χ4n) is 2.15. The Labute approximate surface area is 126 Å². The molecule has 0 amide bonds. The second kappa shape index (κ2) is 6.14. The van der Waals surface area contributed by atoms with Gasteiger partial charge in [0.1, 0.15) is 0 Å². The van der Waals surface area contributed by atoms with E-state index in [2.05, 4.69) is 71.5 Å². The maximum Gasteiger partial charge on any atom is 0.0656 e. The van der Waals surface area contributed by atoms with Crippen molar-refractivity contribution in [1.82, 2.24) is 5.43 Å². The van der Waals surface area contributed by atoms with Gasteiger partial charge in [0.25, 0.3) is 0 Å². The molecule has 0 radical (unpaired) electrons.